The fourth-order valence-corrected chi connectivity index (χ4v) is 2.83. The summed E-state index contributed by atoms with van der Waals surface area (Å²) in [6, 6.07) is 6.71. The van der Waals surface area contributed by atoms with E-state index in [0.717, 1.165) is 4.57 Å². The number of nitrogens with zero attached hydrogens (tertiary/aromatic N) is 1. The molecule has 0 unspecified atom stereocenters. The van der Waals surface area contributed by atoms with Crippen LogP contribution in [-0.2, 0) is 20.9 Å². The maximum Gasteiger partial charge on any atom is 0.329 e. The van der Waals surface area contributed by atoms with Crippen molar-refractivity contribution in [3.05, 3.63) is 50.7 Å². The van der Waals surface area contributed by atoms with Gasteiger partial charge in [0.1, 0.15) is 17.1 Å². The number of hydrogen-bond donors (Lipinski definition) is 3. The Morgan fingerprint density at radius 1 is 1.24 bits per heavy atom. The van der Waals surface area contributed by atoms with Crippen LogP contribution in [0.5, 0.6) is 5.75 Å². The van der Waals surface area contributed by atoms with Crippen LogP contribution in [0.15, 0.2) is 33.9 Å². The highest BCUT2D eigenvalue weighted by Gasteiger charge is 2.30. The molecule has 3 rings (SSSR count). The number of hydrogen-bond acceptors (Lipinski definition) is 8. The topological polar surface area (TPSA) is 163 Å². The van der Waals surface area contributed by atoms with Crippen LogP contribution in [0.1, 0.15) is 23.7 Å². The van der Waals surface area contributed by atoms with Crippen molar-refractivity contribution >= 4 is 29.2 Å². The summed E-state index contributed by atoms with van der Waals surface area (Å²) in [6.07, 6.45) is -1.56. The first-order chi connectivity index (χ1) is 13.8. The molecule has 0 radical (unpaired) electrons. The van der Waals surface area contributed by atoms with Gasteiger partial charge in [0.2, 0.25) is 5.78 Å². The van der Waals surface area contributed by atoms with Crippen LogP contribution < -0.4 is 27.0 Å². The first-order valence-corrected chi connectivity index (χ1v) is 8.69. The minimum atomic E-state index is -1.12. The van der Waals surface area contributed by atoms with Crippen molar-refractivity contribution in [2.24, 2.45) is 0 Å². The summed E-state index contributed by atoms with van der Waals surface area (Å²) in [5, 5.41) is 2.61. The summed E-state index contributed by atoms with van der Waals surface area (Å²) in [6.45, 7) is 0.966. The lowest BCUT2D eigenvalue weighted by atomic mass is 10.1. The minimum absolute atomic E-state index is 0.136. The fourth-order valence-electron chi connectivity index (χ4n) is 2.83. The molecule has 0 saturated carbocycles. The number of amides is 1. The van der Waals surface area contributed by atoms with Gasteiger partial charge in [0, 0.05) is 6.54 Å². The van der Waals surface area contributed by atoms with Crippen LogP contribution in [0.25, 0.3) is 0 Å². The van der Waals surface area contributed by atoms with Crippen molar-refractivity contribution in [1.29, 1.82) is 0 Å². The number of esters is 1. The molecule has 1 atom stereocenters. The van der Waals surface area contributed by atoms with Crippen molar-refractivity contribution in [3.63, 3.8) is 0 Å². The SMILES string of the molecule is CCn1c(N)c(C(=O)COC(=O)C[C@@H]2Oc3ccccc3NC2=O)c(=O)[nH]c1=O. The van der Waals surface area contributed by atoms with Gasteiger partial charge in [0.25, 0.3) is 11.5 Å². The van der Waals surface area contributed by atoms with Crippen molar-refractivity contribution in [2.75, 3.05) is 17.7 Å². The number of benzene rings is 1. The summed E-state index contributed by atoms with van der Waals surface area (Å²) in [5.41, 5.74) is 4.02. The number of nitrogen functional groups attached to an aromatic ring is 1. The van der Waals surface area contributed by atoms with Crippen LogP contribution in [0.2, 0.25) is 0 Å². The third-order valence-corrected chi connectivity index (χ3v) is 4.26. The monoisotopic (exact) mass is 402 g/mol. The molecule has 2 heterocycles. The standard InChI is InChI=1S/C18H18N4O7/c1-2-22-15(19)14(17(26)21-18(22)27)10(23)8-28-13(24)7-12-16(25)20-9-5-3-4-6-11(9)29-12/h3-6,12H,2,7-8,19H2,1H3,(H,20,25)(H,21,26,27)/t12-/m0/s1. The van der Waals surface area contributed by atoms with E-state index < -0.39 is 53.6 Å². The Morgan fingerprint density at radius 2 is 1.97 bits per heavy atom. The van der Waals surface area contributed by atoms with Gasteiger partial charge < -0.3 is 20.5 Å². The maximum absolute atomic E-state index is 12.3. The van der Waals surface area contributed by atoms with E-state index in [0.29, 0.717) is 11.4 Å². The lowest BCUT2D eigenvalue weighted by molar-refractivity contribution is -0.146. The highest BCUT2D eigenvalue weighted by molar-refractivity contribution is 6.02. The Bertz CT molecular complexity index is 1100. The molecule has 1 aromatic carbocycles. The van der Waals surface area contributed by atoms with Gasteiger partial charge in [-0.3, -0.25) is 28.7 Å². The normalized spacial score (nSPS) is 15.1. The molecule has 4 N–H and O–H groups in total. The molecule has 0 bridgehead atoms. The molecule has 1 amide bonds. The Hall–Kier alpha value is -3.89. The second kappa shape index (κ2) is 8.00. The van der Waals surface area contributed by atoms with Gasteiger partial charge in [-0.1, -0.05) is 12.1 Å². The Labute approximate surface area is 163 Å². The molecule has 0 saturated heterocycles. The van der Waals surface area contributed by atoms with E-state index in [4.69, 9.17) is 15.2 Å². The van der Waals surface area contributed by atoms with Crippen LogP contribution in [-0.4, -0.2) is 39.9 Å². The Balaban J connectivity index is 1.65. The van der Waals surface area contributed by atoms with E-state index in [9.17, 15) is 24.0 Å². The second-order valence-corrected chi connectivity index (χ2v) is 6.14. The van der Waals surface area contributed by atoms with E-state index in [1.807, 2.05) is 4.98 Å². The van der Waals surface area contributed by atoms with Gasteiger partial charge in [0.05, 0.1) is 12.1 Å². The van der Waals surface area contributed by atoms with Gasteiger partial charge in [-0.25, -0.2) is 4.79 Å². The number of ketones is 1. The number of ether oxygens (including phenoxy) is 2. The largest absolute Gasteiger partial charge is 0.478 e. The van der Waals surface area contributed by atoms with Crippen LogP contribution in [0, 0.1) is 0 Å². The number of Topliss-reactive ketones (excluding diaryl/α,β-unsaturated/α-hetero) is 1. The number of fused-ring (bicyclic) bond motifs is 1. The Morgan fingerprint density at radius 3 is 2.69 bits per heavy atom. The smallest absolute Gasteiger partial charge is 0.329 e. The van der Waals surface area contributed by atoms with Crippen LogP contribution in [0.4, 0.5) is 11.5 Å². The molecule has 0 fully saturated rings. The van der Waals surface area contributed by atoms with Crippen LogP contribution in [0.3, 0.4) is 0 Å². The zero-order chi connectivity index (χ0) is 21.1. The van der Waals surface area contributed by atoms with Gasteiger partial charge in [-0.2, -0.15) is 0 Å². The zero-order valence-electron chi connectivity index (χ0n) is 15.4. The molecule has 0 spiro atoms. The van der Waals surface area contributed by atoms with E-state index in [-0.39, 0.29) is 12.4 Å². The van der Waals surface area contributed by atoms with E-state index >= 15 is 0 Å². The van der Waals surface area contributed by atoms with E-state index in [2.05, 4.69) is 5.32 Å². The second-order valence-electron chi connectivity index (χ2n) is 6.14. The quantitative estimate of drug-likeness (QED) is 0.436. The third-order valence-electron chi connectivity index (χ3n) is 4.26. The number of aromatic amines is 1. The Kier molecular flexibility index (Phi) is 5.48. The first-order valence-electron chi connectivity index (χ1n) is 8.69. The molecule has 0 aliphatic carbocycles. The van der Waals surface area contributed by atoms with Crippen molar-refractivity contribution < 1.29 is 23.9 Å². The van der Waals surface area contributed by atoms with Crippen molar-refractivity contribution in [1.82, 2.24) is 9.55 Å². The van der Waals surface area contributed by atoms with Crippen LogP contribution >= 0.6 is 0 Å². The number of H-pyrrole nitrogens is 1. The molecule has 1 aromatic heterocycles. The maximum atomic E-state index is 12.3. The lowest BCUT2D eigenvalue weighted by Gasteiger charge is -2.25. The van der Waals surface area contributed by atoms with Crippen molar-refractivity contribution in [3.8, 4) is 5.75 Å². The van der Waals surface area contributed by atoms with Gasteiger partial charge >= 0.3 is 11.7 Å². The number of para-hydroxylation sites is 2. The molecule has 1 aliphatic rings. The van der Waals surface area contributed by atoms with Gasteiger partial charge in [-0.05, 0) is 19.1 Å². The number of rotatable bonds is 6. The van der Waals surface area contributed by atoms with Gasteiger partial charge in [0.15, 0.2) is 12.7 Å². The van der Waals surface area contributed by atoms with E-state index in [1.165, 1.54) is 0 Å². The molecule has 152 valence electrons. The third kappa shape index (κ3) is 4.03. The molecule has 11 heteroatoms. The number of anilines is 2. The minimum Gasteiger partial charge on any atom is -0.478 e. The molecule has 29 heavy (non-hydrogen) atoms. The van der Waals surface area contributed by atoms with Crippen molar-refractivity contribution in [2.45, 2.75) is 26.0 Å². The summed E-state index contributed by atoms with van der Waals surface area (Å²) in [4.78, 5) is 61.9. The number of carbonyl (C=O) groups is 3. The highest BCUT2D eigenvalue weighted by atomic mass is 16.5. The summed E-state index contributed by atoms with van der Waals surface area (Å²) >= 11 is 0. The zero-order valence-corrected chi connectivity index (χ0v) is 15.4. The summed E-state index contributed by atoms with van der Waals surface area (Å²) < 4.78 is 11.4. The predicted octanol–water partition coefficient (Wildman–Crippen LogP) is -0.346. The summed E-state index contributed by atoms with van der Waals surface area (Å²) in [5.74, 6) is -2.19. The number of aromatic nitrogens is 2. The average molecular weight is 402 g/mol. The first kappa shape index (κ1) is 19.9. The number of nitrogens with two attached hydrogens (primary N) is 1. The molecule has 2 aromatic rings. The number of nitrogens with one attached hydrogen (secondary N) is 2. The van der Waals surface area contributed by atoms with E-state index in [1.54, 1.807) is 31.2 Å². The van der Waals surface area contributed by atoms with Gasteiger partial charge in [-0.15, -0.1) is 0 Å². The highest BCUT2D eigenvalue weighted by Crippen LogP contribution is 2.29. The molecular formula is C18H18N4O7. The molecule has 11 nitrogen and oxygen atoms in total. The summed E-state index contributed by atoms with van der Waals surface area (Å²) in [7, 11) is 0. The number of carbonyl (C=O) groups excluding carboxylic acids is 3. The predicted molar refractivity (Wildman–Crippen MR) is 101 cm³/mol. The molecule has 1 aliphatic heterocycles. The fraction of sp³-hybridized carbons (Fsp3) is 0.278. The lowest BCUT2D eigenvalue weighted by Crippen LogP contribution is -2.39. The average Bonchev–Trinajstić information content (AvgIpc) is 2.67. The molecular weight excluding hydrogens is 384 g/mol.